The molecule has 0 unspecified atom stereocenters. The smallest absolute Gasteiger partial charge is 0.178 e. The van der Waals surface area contributed by atoms with Gasteiger partial charge < -0.3 is 4.74 Å². The van der Waals surface area contributed by atoms with Crippen LogP contribution in [0.15, 0.2) is 27.6 Å². The molecular weight excluding hydrogens is 316 g/mol. The van der Waals surface area contributed by atoms with E-state index in [1.54, 1.807) is 12.1 Å². The van der Waals surface area contributed by atoms with E-state index >= 15 is 0 Å². The second-order valence-electron chi connectivity index (χ2n) is 4.75. The molecule has 5 heteroatoms. The maximum Gasteiger partial charge on any atom is 0.178 e. The zero-order chi connectivity index (χ0) is 13.2. The second kappa shape index (κ2) is 5.72. The summed E-state index contributed by atoms with van der Waals surface area (Å²) in [7, 11) is -3.18. The molecule has 0 aliphatic carbocycles. The van der Waals surface area contributed by atoms with Crippen LogP contribution in [0.25, 0.3) is 0 Å². The highest BCUT2D eigenvalue weighted by molar-refractivity contribution is 9.10. The van der Waals surface area contributed by atoms with Gasteiger partial charge in [0.25, 0.3) is 0 Å². The molecule has 0 aromatic heterocycles. The first kappa shape index (κ1) is 14.0. The summed E-state index contributed by atoms with van der Waals surface area (Å²) in [4.78, 5) is 0.409. The molecule has 2 rings (SSSR count). The van der Waals surface area contributed by atoms with E-state index in [1.807, 2.05) is 13.0 Å². The average Bonchev–Trinajstić information content (AvgIpc) is 2.33. The van der Waals surface area contributed by atoms with Crippen LogP contribution in [-0.4, -0.2) is 27.4 Å². The SMILES string of the molecule is Cc1ccc(S(=O)(=O)CC2CCOCC2)cc1Br. The molecule has 1 saturated heterocycles. The van der Waals surface area contributed by atoms with E-state index in [0.29, 0.717) is 18.1 Å². The topological polar surface area (TPSA) is 43.4 Å². The number of rotatable bonds is 3. The third-order valence-corrected chi connectivity index (χ3v) is 6.04. The number of aryl methyl sites for hydroxylation is 1. The number of hydrogen-bond acceptors (Lipinski definition) is 3. The van der Waals surface area contributed by atoms with E-state index in [2.05, 4.69) is 15.9 Å². The molecule has 0 atom stereocenters. The Morgan fingerprint density at radius 1 is 1.33 bits per heavy atom. The fraction of sp³-hybridized carbons (Fsp3) is 0.538. The van der Waals surface area contributed by atoms with E-state index in [0.717, 1.165) is 22.9 Å². The van der Waals surface area contributed by atoms with Crippen molar-refractivity contribution in [2.45, 2.75) is 24.7 Å². The average molecular weight is 333 g/mol. The molecule has 1 aromatic carbocycles. The lowest BCUT2D eigenvalue weighted by Crippen LogP contribution is -2.23. The third-order valence-electron chi connectivity index (χ3n) is 3.30. The van der Waals surface area contributed by atoms with Gasteiger partial charge in [-0.2, -0.15) is 0 Å². The van der Waals surface area contributed by atoms with Crippen LogP contribution >= 0.6 is 15.9 Å². The van der Waals surface area contributed by atoms with Gasteiger partial charge in [-0.25, -0.2) is 8.42 Å². The molecule has 1 aromatic rings. The molecule has 0 N–H and O–H groups in total. The van der Waals surface area contributed by atoms with Gasteiger partial charge in [-0.1, -0.05) is 22.0 Å². The normalized spacial score (nSPS) is 17.9. The van der Waals surface area contributed by atoms with E-state index in [-0.39, 0.29) is 11.7 Å². The second-order valence-corrected chi connectivity index (χ2v) is 7.64. The summed E-state index contributed by atoms with van der Waals surface area (Å²) in [6.45, 7) is 3.30. The molecule has 1 fully saturated rings. The van der Waals surface area contributed by atoms with Crippen molar-refractivity contribution >= 4 is 25.8 Å². The molecule has 0 amide bonds. The van der Waals surface area contributed by atoms with E-state index in [9.17, 15) is 8.42 Å². The number of ether oxygens (including phenoxy) is 1. The number of sulfone groups is 1. The summed E-state index contributed by atoms with van der Waals surface area (Å²) in [5.74, 6) is 0.454. The maximum absolute atomic E-state index is 12.3. The van der Waals surface area contributed by atoms with Crippen molar-refractivity contribution in [1.29, 1.82) is 0 Å². The van der Waals surface area contributed by atoms with Crippen LogP contribution in [0.3, 0.4) is 0 Å². The molecule has 0 radical (unpaired) electrons. The van der Waals surface area contributed by atoms with E-state index in [4.69, 9.17) is 4.74 Å². The monoisotopic (exact) mass is 332 g/mol. The summed E-state index contributed by atoms with van der Waals surface area (Å²) >= 11 is 3.38. The first-order valence-corrected chi connectivity index (χ1v) is 8.50. The Balaban J connectivity index is 2.16. The molecule has 1 heterocycles. The highest BCUT2D eigenvalue weighted by Gasteiger charge is 2.23. The minimum atomic E-state index is -3.18. The van der Waals surface area contributed by atoms with Crippen molar-refractivity contribution in [3.63, 3.8) is 0 Å². The standard InChI is InChI=1S/C13H17BrO3S/c1-10-2-3-12(8-13(10)14)18(15,16)9-11-4-6-17-7-5-11/h2-3,8,11H,4-7,9H2,1H3. The van der Waals surface area contributed by atoms with Crippen LogP contribution in [0, 0.1) is 12.8 Å². The highest BCUT2D eigenvalue weighted by Crippen LogP contribution is 2.25. The lowest BCUT2D eigenvalue weighted by Gasteiger charge is -2.21. The summed E-state index contributed by atoms with van der Waals surface area (Å²) in [6, 6.07) is 5.22. The van der Waals surface area contributed by atoms with Crippen molar-refractivity contribution < 1.29 is 13.2 Å². The third kappa shape index (κ3) is 3.33. The Morgan fingerprint density at radius 2 is 2.00 bits per heavy atom. The lowest BCUT2D eigenvalue weighted by atomic mass is 10.0. The van der Waals surface area contributed by atoms with Gasteiger partial charge in [0.2, 0.25) is 0 Å². The number of benzene rings is 1. The van der Waals surface area contributed by atoms with Crippen LogP contribution in [0.5, 0.6) is 0 Å². The minimum Gasteiger partial charge on any atom is -0.381 e. The molecule has 3 nitrogen and oxygen atoms in total. The maximum atomic E-state index is 12.3. The first-order valence-electron chi connectivity index (χ1n) is 6.06. The summed E-state index contributed by atoms with van der Waals surface area (Å²) < 4.78 is 30.7. The Labute approximate surface area is 117 Å². The van der Waals surface area contributed by atoms with Crippen LogP contribution in [0.1, 0.15) is 18.4 Å². The zero-order valence-electron chi connectivity index (χ0n) is 10.4. The zero-order valence-corrected chi connectivity index (χ0v) is 12.8. The molecule has 0 spiro atoms. The van der Waals surface area contributed by atoms with Crippen LogP contribution in [0.4, 0.5) is 0 Å². The first-order chi connectivity index (χ1) is 8.49. The fourth-order valence-electron chi connectivity index (χ4n) is 2.09. The van der Waals surface area contributed by atoms with Crippen molar-refractivity contribution in [1.82, 2.24) is 0 Å². The Morgan fingerprint density at radius 3 is 2.61 bits per heavy atom. The number of hydrogen-bond donors (Lipinski definition) is 0. The molecule has 100 valence electrons. The molecule has 0 saturated carbocycles. The fourth-order valence-corrected chi connectivity index (χ4v) is 4.34. The summed E-state index contributed by atoms with van der Waals surface area (Å²) in [5.41, 5.74) is 1.04. The van der Waals surface area contributed by atoms with Crippen LogP contribution in [-0.2, 0) is 14.6 Å². The quantitative estimate of drug-likeness (QED) is 0.854. The summed E-state index contributed by atoms with van der Waals surface area (Å²) in [5, 5.41) is 0. The van der Waals surface area contributed by atoms with Gasteiger partial charge in [0.1, 0.15) is 0 Å². The van der Waals surface area contributed by atoms with Crippen molar-refractivity contribution in [3.8, 4) is 0 Å². The molecule has 0 bridgehead atoms. The highest BCUT2D eigenvalue weighted by atomic mass is 79.9. The van der Waals surface area contributed by atoms with Crippen molar-refractivity contribution in [3.05, 3.63) is 28.2 Å². The van der Waals surface area contributed by atoms with Crippen molar-refractivity contribution in [2.24, 2.45) is 5.92 Å². The number of halogens is 1. The van der Waals surface area contributed by atoms with Gasteiger partial charge in [0, 0.05) is 17.7 Å². The Hall–Kier alpha value is -0.390. The molecular formula is C13H17BrO3S. The molecule has 1 aliphatic heterocycles. The van der Waals surface area contributed by atoms with Gasteiger partial charge >= 0.3 is 0 Å². The van der Waals surface area contributed by atoms with E-state index in [1.165, 1.54) is 0 Å². The summed E-state index contributed by atoms with van der Waals surface area (Å²) in [6.07, 6.45) is 1.68. The van der Waals surface area contributed by atoms with Crippen LogP contribution in [0.2, 0.25) is 0 Å². The van der Waals surface area contributed by atoms with E-state index < -0.39 is 9.84 Å². The Kier molecular flexibility index (Phi) is 4.45. The predicted octanol–water partition coefficient (Wildman–Crippen LogP) is 2.96. The lowest BCUT2D eigenvalue weighted by molar-refractivity contribution is 0.0723. The molecule has 18 heavy (non-hydrogen) atoms. The minimum absolute atomic E-state index is 0.226. The van der Waals surface area contributed by atoms with Gasteiger partial charge in [-0.3, -0.25) is 0 Å². The Bertz CT molecular complexity index is 519. The van der Waals surface area contributed by atoms with Gasteiger partial charge in [0.15, 0.2) is 9.84 Å². The van der Waals surface area contributed by atoms with Gasteiger partial charge in [-0.05, 0) is 43.4 Å². The van der Waals surface area contributed by atoms with Gasteiger partial charge in [0.05, 0.1) is 10.6 Å². The van der Waals surface area contributed by atoms with Crippen LogP contribution < -0.4 is 0 Å². The van der Waals surface area contributed by atoms with Crippen molar-refractivity contribution in [2.75, 3.05) is 19.0 Å². The largest absolute Gasteiger partial charge is 0.381 e. The predicted molar refractivity (Wildman–Crippen MR) is 74.5 cm³/mol. The molecule has 1 aliphatic rings. The van der Waals surface area contributed by atoms with Gasteiger partial charge in [-0.15, -0.1) is 0 Å².